The van der Waals surface area contributed by atoms with Crippen LogP contribution in [0.4, 0.5) is 0 Å². The molecule has 0 aliphatic rings. The topological polar surface area (TPSA) is 25.8 Å². The largest absolute Gasteiger partial charge is 0.264 e. The minimum atomic E-state index is 0.900. The smallest absolute Gasteiger partial charge is 0.0976 e. The summed E-state index contributed by atoms with van der Waals surface area (Å²) in [5.41, 5.74) is 4.76. The highest BCUT2D eigenvalue weighted by molar-refractivity contribution is 7.10. The van der Waals surface area contributed by atoms with Gasteiger partial charge in [-0.05, 0) is 30.2 Å². The normalized spacial score (nSPS) is 10.6. The van der Waals surface area contributed by atoms with Crippen molar-refractivity contribution in [1.29, 1.82) is 0 Å². The number of aromatic nitrogens is 2. The van der Waals surface area contributed by atoms with Crippen LogP contribution in [-0.4, -0.2) is 9.97 Å². The van der Waals surface area contributed by atoms with Gasteiger partial charge in [-0.3, -0.25) is 4.98 Å². The number of aryl methyl sites for hydroxylation is 1. The van der Waals surface area contributed by atoms with Crippen LogP contribution < -0.4 is 0 Å². The summed E-state index contributed by atoms with van der Waals surface area (Å²) in [6.45, 7) is 2.14. The van der Waals surface area contributed by atoms with Crippen LogP contribution in [0.25, 0.3) is 11.3 Å². The third-order valence-electron chi connectivity index (χ3n) is 3.11. The number of hydrogen-bond acceptors (Lipinski definition) is 3. The number of nitrogens with zero attached hydrogens (tertiary/aromatic N) is 2. The summed E-state index contributed by atoms with van der Waals surface area (Å²) in [6, 6.07) is 12.4. The molecule has 0 unspecified atom stereocenters. The summed E-state index contributed by atoms with van der Waals surface area (Å²) in [5.74, 6) is 0. The first-order valence-electron chi connectivity index (χ1n) is 6.22. The van der Waals surface area contributed by atoms with Crippen molar-refractivity contribution in [2.75, 3.05) is 0 Å². The van der Waals surface area contributed by atoms with E-state index in [-0.39, 0.29) is 0 Å². The van der Waals surface area contributed by atoms with Gasteiger partial charge in [0, 0.05) is 29.8 Å². The maximum Gasteiger partial charge on any atom is 0.0976 e. The Labute approximate surface area is 116 Å². The van der Waals surface area contributed by atoms with E-state index in [4.69, 9.17) is 4.98 Å². The van der Waals surface area contributed by atoms with Gasteiger partial charge in [-0.2, -0.15) is 0 Å². The highest BCUT2D eigenvalue weighted by atomic mass is 32.1. The summed E-state index contributed by atoms with van der Waals surface area (Å²) in [6.07, 6.45) is 4.54. The van der Waals surface area contributed by atoms with Crippen LogP contribution in [0.15, 0.2) is 54.2 Å². The molecule has 3 heteroatoms. The summed E-state index contributed by atoms with van der Waals surface area (Å²) < 4.78 is 0. The Kier molecular flexibility index (Phi) is 3.38. The molecular formula is C16H14N2S. The lowest BCUT2D eigenvalue weighted by molar-refractivity contribution is 1.11. The number of rotatable bonds is 3. The van der Waals surface area contributed by atoms with Gasteiger partial charge in [-0.15, -0.1) is 11.3 Å². The first-order valence-corrected chi connectivity index (χ1v) is 7.10. The molecule has 0 aliphatic heterocycles. The molecule has 94 valence electrons. The van der Waals surface area contributed by atoms with Crippen molar-refractivity contribution >= 4 is 11.3 Å². The van der Waals surface area contributed by atoms with E-state index in [9.17, 15) is 0 Å². The molecule has 0 fully saturated rings. The van der Waals surface area contributed by atoms with E-state index < -0.39 is 0 Å². The second kappa shape index (κ2) is 5.33. The Balaban J connectivity index is 1.85. The molecule has 3 aromatic rings. The third kappa shape index (κ3) is 2.71. The second-order valence-electron chi connectivity index (χ2n) is 4.47. The van der Waals surface area contributed by atoms with Gasteiger partial charge in [0.15, 0.2) is 0 Å². The molecule has 0 aliphatic carbocycles. The van der Waals surface area contributed by atoms with E-state index in [1.165, 1.54) is 11.1 Å². The third-order valence-corrected chi connectivity index (χ3v) is 3.96. The first-order chi connectivity index (χ1) is 9.33. The summed E-state index contributed by atoms with van der Waals surface area (Å²) in [5, 5.41) is 3.25. The monoisotopic (exact) mass is 266 g/mol. The minimum Gasteiger partial charge on any atom is -0.264 e. The lowest BCUT2D eigenvalue weighted by Crippen LogP contribution is -1.90. The van der Waals surface area contributed by atoms with Gasteiger partial charge in [-0.1, -0.05) is 24.3 Å². The van der Waals surface area contributed by atoms with E-state index >= 15 is 0 Å². The van der Waals surface area contributed by atoms with Crippen molar-refractivity contribution in [3.63, 3.8) is 0 Å². The average Bonchev–Trinajstić information content (AvgIpc) is 2.91. The zero-order valence-electron chi connectivity index (χ0n) is 10.7. The average molecular weight is 266 g/mol. The highest BCUT2D eigenvalue weighted by Crippen LogP contribution is 2.23. The van der Waals surface area contributed by atoms with E-state index in [0.717, 1.165) is 22.7 Å². The van der Waals surface area contributed by atoms with Gasteiger partial charge in [0.2, 0.25) is 0 Å². The van der Waals surface area contributed by atoms with Gasteiger partial charge in [0.25, 0.3) is 0 Å². The Morgan fingerprint density at radius 3 is 2.79 bits per heavy atom. The molecule has 0 bridgehead atoms. The molecule has 0 amide bonds. The maximum atomic E-state index is 4.70. The van der Waals surface area contributed by atoms with Gasteiger partial charge < -0.3 is 0 Å². The highest BCUT2D eigenvalue weighted by Gasteiger charge is 2.06. The predicted octanol–water partition coefficient (Wildman–Crippen LogP) is 4.10. The molecule has 0 N–H and O–H groups in total. The van der Waals surface area contributed by atoms with E-state index in [0.29, 0.717) is 0 Å². The molecule has 2 aromatic heterocycles. The Morgan fingerprint density at radius 1 is 1.11 bits per heavy atom. The fraction of sp³-hybridized carbons (Fsp3) is 0.125. The quantitative estimate of drug-likeness (QED) is 0.713. The fourth-order valence-corrected chi connectivity index (χ4v) is 2.84. The Bertz CT molecular complexity index is 674. The maximum absolute atomic E-state index is 4.70. The van der Waals surface area contributed by atoms with E-state index in [1.54, 1.807) is 17.5 Å². The summed E-state index contributed by atoms with van der Waals surface area (Å²) >= 11 is 1.71. The minimum absolute atomic E-state index is 0.900. The SMILES string of the molecule is Cc1ccccc1Cc1nc(-c2cccnc2)cs1. The molecule has 1 aromatic carbocycles. The standard InChI is InChI=1S/C16H14N2S/c1-12-5-2-3-6-13(12)9-16-18-15(11-19-16)14-7-4-8-17-10-14/h2-8,10-11H,9H2,1H3. The predicted molar refractivity (Wildman–Crippen MR) is 79.3 cm³/mol. The van der Waals surface area contributed by atoms with Gasteiger partial charge >= 0.3 is 0 Å². The first kappa shape index (κ1) is 12.1. The van der Waals surface area contributed by atoms with Crippen molar-refractivity contribution < 1.29 is 0 Å². The molecular weight excluding hydrogens is 252 g/mol. The zero-order chi connectivity index (χ0) is 13.1. The summed E-state index contributed by atoms with van der Waals surface area (Å²) in [4.78, 5) is 8.83. The van der Waals surface area contributed by atoms with Crippen LogP contribution in [0, 0.1) is 6.92 Å². The zero-order valence-corrected chi connectivity index (χ0v) is 11.5. The molecule has 19 heavy (non-hydrogen) atoms. The van der Waals surface area contributed by atoms with Gasteiger partial charge in [0.05, 0.1) is 10.7 Å². The van der Waals surface area contributed by atoms with Crippen LogP contribution >= 0.6 is 11.3 Å². The van der Waals surface area contributed by atoms with Crippen molar-refractivity contribution in [2.45, 2.75) is 13.3 Å². The number of hydrogen-bond donors (Lipinski definition) is 0. The van der Waals surface area contributed by atoms with Crippen LogP contribution in [0.5, 0.6) is 0 Å². The van der Waals surface area contributed by atoms with E-state index in [1.807, 2.05) is 18.3 Å². The lowest BCUT2D eigenvalue weighted by atomic mass is 10.1. The molecule has 0 saturated heterocycles. The second-order valence-corrected chi connectivity index (χ2v) is 5.41. The lowest BCUT2D eigenvalue weighted by Gasteiger charge is -2.02. The fourth-order valence-electron chi connectivity index (χ4n) is 2.01. The van der Waals surface area contributed by atoms with Crippen LogP contribution in [0.2, 0.25) is 0 Å². The Morgan fingerprint density at radius 2 is 2.00 bits per heavy atom. The molecule has 0 radical (unpaired) electrons. The molecule has 2 nitrogen and oxygen atoms in total. The number of benzene rings is 1. The van der Waals surface area contributed by atoms with Gasteiger partial charge in [0.1, 0.15) is 0 Å². The van der Waals surface area contributed by atoms with Crippen LogP contribution in [-0.2, 0) is 6.42 Å². The molecule has 3 rings (SSSR count). The number of thiazole rings is 1. The van der Waals surface area contributed by atoms with E-state index in [2.05, 4.69) is 41.6 Å². The van der Waals surface area contributed by atoms with Crippen LogP contribution in [0.3, 0.4) is 0 Å². The van der Waals surface area contributed by atoms with Crippen molar-refractivity contribution in [3.05, 3.63) is 70.3 Å². The molecule has 0 saturated carbocycles. The summed E-state index contributed by atoms with van der Waals surface area (Å²) in [7, 11) is 0. The molecule has 0 spiro atoms. The van der Waals surface area contributed by atoms with Crippen molar-refractivity contribution in [1.82, 2.24) is 9.97 Å². The van der Waals surface area contributed by atoms with Crippen molar-refractivity contribution in [3.8, 4) is 11.3 Å². The van der Waals surface area contributed by atoms with Crippen LogP contribution in [0.1, 0.15) is 16.1 Å². The van der Waals surface area contributed by atoms with Gasteiger partial charge in [-0.25, -0.2) is 4.98 Å². The number of pyridine rings is 1. The van der Waals surface area contributed by atoms with Crippen molar-refractivity contribution in [2.24, 2.45) is 0 Å². The molecule has 0 atom stereocenters. The Hall–Kier alpha value is -2.00. The molecule has 2 heterocycles.